The van der Waals surface area contributed by atoms with E-state index in [1.807, 2.05) is 42.5 Å². The van der Waals surface area contributed by atoms with Crippen LogP contribution in [0.2, 0.25) is 0 Å². The molecule has 2 aromatic heterocycles. The molecule has 0 spiro atoms. The van der Waals surface area contributed by atoms with Gasteiger partial charge in [0.05, 0.1) is 17.6 Å². The first kappa shape index (κ1) is 19.7. The van der Waals surface area contributed by atoms with Gasteiger partial charge in [0.25, 0.3) is 0 Å². The number of nitrogens with zero attached hydrogens (tertiary/aromatic N) is 3. The zero-order chi connectivity index (χ0) is 21.1. The third-order valence-electron chi connectivity index (χ3n) is 6.26. The lowest BCUT2D eigenvalue weighted by Gasteiger charge is -2.47. The first-order valence-electron chi connectivity index (χ1n) is 10.9. The van der Waals surface area contributed by atoms with E-state index in [-0.39, 0.29) is 5.92 Å². The van der Waals surface area contributed by atoms with E-state index in [0.29, 0.717) is 13.0 Å². The summed E-state index contributed by atoms with van der Waals surface area (Å²) in [5.41, 5.74) is 2.91. The number of fused-ring (bicyclic) bond motifs is 3. The number of pyridine rings is 2. The topological polar surface area (TPSA) is 61.3 Å². The number of aliphatic hydroxyl groups is 1. The van der Waals surface area contributed by atoms with Crippen molar-refractivity contribution in [3.05, 3.63) is 83.8 Å². The molecule has 3 aromatic rings. The Bertz CT molecular complexity index is 1100. The normalized spacial score (nSPS) is 24.3. The van der Waals surface area contributed by atoms with Crippen LogP contribution in [-0.2, 0) is 6.42 Å². The molecule has 3 aliphatic heterocycles. The Morgan fingerprint density at radius 3 is 2.61 bits per heavy atom. The van der Waals surface area contributed by atoms with Crippen molar-refractivity contribution in [3.63, 3.8) is 0 Å². The van der Waals surface area contributed by atoms with Gasteiger partial charge in [0.2, 0.25) is 0 Å². The van der Waals surface area contributed by atoms with Crippen molar-refractivity contribution < 1.29 is 5.11 Å². The Labute approximate surface area is 183 Å². The minimum Gasteiger partial charge on any atom is -0.376 e. The molecule has 3 fully saturated rings. The van der Waals surface area contributed by atoms with Crippen LogP contribution in [0.15, 0.2) is 67.0 Å². The van der Waals surface area contributed by atoms with E-state index in [4.69, 9.17) is 4.98 Å². The summed E-state index contributed by atoms with van der Waals surface area (Å²) in [6.07, 6.45) is 6.25. The second kappa shape index (κ2) is 8.50. The lowest BCUT2D eigenvalue weighted by atomic mass is 9.75. The lowest BCUT2D eigenvalue weighted by molar-refractivity contribution is -0.0713. The van der Waals surface area contributed by atoms with Gasteiger partial charge in [-0.3, -0.25) is 9.88 Å². The molecule has 2 N–H and O–H groups in total. The monoisotopic (exact) mass is 410 g/mol. The summed E-state index contributed by atoms with van der Waals surface area (Å²) in [4.78, 5) is 11.3. The number of aromatic nitrogens is 2. The molecule has 2 bridgehead atoms. The summed E-state index contributed by atoms with van der Waals surface area (Å²) in [6, 6.07) is 18.1. The Morgan fingerprint density at radius 2 is 1.90 bits per heavy atom. The largest absolute Gasteiger partial charge is 0.376 e. The molecule has 3 saturated heterocycles. The molecule has 0 amide bonds. The Hall–Kier alpha value is -3.20. The van der Waals surface area contributed by atoms with Gasteiger partial charge >= 0.3 is 0 Å². The second-order valence-corrected chi connectivity index (χ2v) is 8.44. The van der Waals surface area contributed by atoms with Crippen molar-refractivity contribution in [2.45, 2.75) is 24.9 Å². The molecule has 0 unspecified atom stereocenters. The predicted molar refractivity (Wildman–Crippen MR) is 122 cm³/mol. The molecule has 5 heterocycles. The first-order valence-corrected chi connectivity index (χ1v) is 10.9. The molecular weight excluding hydrogens is 384 g/mol. The van der Waals surface area contributed by atoms with Gasteiger partial charge in [-0.2, -0.15) is 0 Å². The molecule has 0 saturated carbocycles. The van der Waals surface area contributed by atoms with Crippen LogP contribution in [-0.4, -0.2) is 45.2 Å². The predicted octanol–water partition coefficient (Wildman–Crippen LogP) is 3.62. The van der Waals surface area contributed by atoms with Crippen LogP contribution in [0.25, 0.3) is 0 Å². The molecule has 1 aromatic carbocycles. The van der Waals surface area contributed by atoms with Gasteiger partial charge in [0, 0.05) is 30.6 Å². The van der Waals surface area contributed by atoms with Gasteiger partial charge < -0.3 is 10.4 Å². The lowest BCUT2D eigenvalue weighted by Crippen LogP contribution is -2.58. The maximum absolute atomic E-state index is 11.2. The van der Waals surface area contributed by atoms with Crippen LogP contribution < -0.4 is 5.32 Å². The van der Waals surface area contributed by atoms with E-state index < -0.39 is 5.60 Å². The van der Waals surface area contributed by atoms with E-state index in [2.05, 4.69) is 39.2 Å². The summed E-state index contributed by atoms with van der Waals surface area (Å²) >= 11 is 0. The molecular formula is C26H26N4O. The standard InChI is InChI=1S/C26H26N4O/c31-26(19-30-15-11-22(26)12-16-30)13-10-21-8-9-25(28-23-7-4-14-27-18-23)29-24(21)17-20-5-2-1-3-6-20/h1-9,14,18,22,31H,11-12,15-17,19H2,(H,28,29)/t26-/m1/s1. The Kier molecular flexibility index (Phi) is 5.42. The quantitative estimate of drug-likeness (QED) is 0.644. The van der Waals surface area contributed by atoms with Gasteiger partial charge in [-0.1, -0.05) is 42.2 Å². The molecule has 5 heteroatoms. The fourth-order valence-corrected chi connectivity index (χ4v) is 4.55. The number of nitrogens with one attached hydrogen (secondary N) is 1. The summed E-state index contributed by atoms with van der Waals surface area (Å²) in [6.45, 7) is 2.79. The molecule has 3 aliphatic rings. The average Bonchev–Trinajstić information content (AvgIpc) is 2.81. The van der Waals surface area contributed by atoms with Gasteiger partial charge in [0.1, 0.15) is 11.4 Å². The highest BCUT2D eigenvalue weighted by Crippen LogP contribution is 2.35. The van der Waals surface area contributed by atoms with Crippen molar-refractivity contribution >= 4 is 11.5 Å². The van der Waals surface area contributed by atoms with Gasteiger partial charge in [-0.05, 0) is 55.8 Å². The van der Waals surface area contributed by atoms with Crippen molar-refractivity contribution in [2.24, 2.45) is 5.92 Å². The molecule has 1 atom stereocenters. The number of piperidine rings is 3. The van der Waals surface area contributed by atoms with Crippen LogP contribution in [0.5, 0.6) is 0 Å². The number of rotatable bonds is 4. The van der Waals surface area contributed by atoms with Crippen LogP contribution in [0.4, 0.5) is 11.5 Å². The van der Waals surface area contributed by atoms with E-state index >= 15 is 0 Å². The number of anilines is 2. The van der Waals surface area contributed by atoms with Crippen LogP contribution >= 0.6 is 0 Å². The molecule has 0 aliphatic carbocycles. The zero-order valence-corrected chi connectivity index (χ0v) is 17.5. The third-order valence-corrected chi connectivity index (χ3v) is 6.26. The molecule has 6 rings (SSSR count). The smallest absolute Gasteiger partial charge is 0.141 e. The highest BCUT2D eigenvalue weighted by atomic mass is 16.3. The van der Waals surface area contributed by atoms with Gasteiger partial charge in [-0.15, -0.1) is 0 Å². The van der Waals surface area contributed by atoms with E-state index in [9.17, 15) is 5.11 Å². The van der Waals surface area contributed by atoms with Gasteiger partial charge in [0.15, 0.2) is 0 Å². The van der Waals surface area contributed by atoms with Crippen LogP contribution in [0, 0.1) is 17.8 Å². The van der Waals surface area contributed by atoms with E-state index in [1.54, 1.807) is 12.4 Å². The second-order valence-electron chi connectivity index (χ2n) is 8.44. The summed E-state index contributed by atoms with van der Waals surface area (Å²) < 4.78 is 0. The van der Waals surface area contributed by atoms with Crippen LogP contribution in [0.1, 0.15) is 29.7 Å². The fraction of sp³-hybridized carbons (Fsp3) is 0.308. The minimum absolute atomic E-state index is 0.266. The fourth-order valence-electron chi connectivity index (χ4n) is 4.55. The molecule has 31 heavy (non-hydrogen) atoms. The summed E-state index contributed by atoms with van der Waals surface area (Å²) in [5, 5.41) is 14.5. The average molecular weight is 411 g/mol. The van der Waals surface area contributed by atoms with Crippen molar-refractivity contribution in [3.8, 4) is 11.8 Å². The van der Waals surface area contributed by atoms with Crippen molar-refractivity contribution in [2.75, 3.05) is 25.0 Å². The number of hydrogen-bond acceptors (Lipinski definition) is 5. The molecule has 0 radical (unpaired) electrons. The van der Waals surface area contributed by atoms with Crippen LogP contribution in [0.3, 0.4) is 0 Å². The molecule has 5 nitrogen and oxygen atoms in total. The van der Waals surface area contributed by atoms with Crippen molar-refractivity contribution in [1.82, 2.24) is 14.9 Å². The third kappa shape index (κ3) is 4.46. The number of hydrogen-bond donors (Lipinski definition) is 2. The number of benzene rings is 1. The van der Waals surface area contributed by atoms with Crippen molar-refractivity contribution in [1.29, 1.82) is 0 Å². The highest BCUT2D eigenvalue weighted by Gasteiger charge is 2.44. The maximum Gasteiger partial charge on any atom is 0.141 e. The minimum atomic E-state index is -0.923. The zero-order valence-electron chi connectivity index (χ0n) is 17.5. The SMILES string of the molecule is O[C@]1(C#Cc2ccc(Nc3cccnc3)nc2Cc2ccccc2)CN2CCC1CC2. The Morgan fingerprint density at radius 1 is 1.06 bits per heavy atom. The summed E-state index contributed by atoms with van der Waals surface area (Å²) in [5.74, 6) is 7.55. The maximum atomic E-state index is 11.2. The molecule has 156 valence electrons. The van der Waals surface area contributed by atoms with Gasteiger partial charge in [-0.25, -0.2) is 4.98 Å². The summed E-state index contributed by atoms with van der Waals surface area (Å²) in [7, 11) is 0. The first-order chi connectivity index (χ1) is 15.2. The van der Waals surface area contributed by atoms with E-state index in [0.717, 1.165) is 48.7 Å². The highest BCUT2D eigenvalue weighted by molar-refractivity contribution is 5.57. The Balaban J connectivity index is 1.46. The van der Waals surface area contributed by atoms with E-state index in [1.165, 1.54) is 5.56 Å².